The van der Waals surface area contributed by atoms with Crippen LogP contribution >= 0.6 is 23.3 Å². The molecule has 2 aliphatic heterocycles. The Morgan fingerprint density at radius 2 is 1.72 bits per heavy atom. The van der Waals surface area contributed by atoms with E-state index in [4.69, 9.17) is 14.2 Å². The molecule has 1 aromatic heterocycles. The molecule has 0 radical (unpaired) electrons. The van der Waals surface area contributed by atoms with Gasteiger partial charge in [0.05, 0.1) is 0 Å². The molecule has 2 atom stereocenters. The van der Waals surface area contributed by atoms with Crippen LogP contribution in [-0.2, 0) is 23.9 Å². The lowest BCUT2D eigenvalue weighted by atomic mass is 10.0. The highest BCUT2D eigenvalue weighted by Crippen LogP contribution is 2.42. The maximum atomic E-state index is 14.2. The van der Waals surface area contributed by atoms with Crippen molar-refractivity contribution >= 4 is 58.0 Å². The molecule has 2 aliphatic rings. The number of nitrogens with one attached hydrogen (secondary N) is 2. The van der Waals surface area contributed by atoms with Gasteiger partial charge in [0.1, 0.15) is 40.9 Å². The first kappa shape index (κ1) is 37.0. The van der Waals surface area contributed by atoms with Crippen LogP contribution in [0.1, 0.15) is 43.8 Å². The maximum Gasteiger partial charge on any atom is 0.414 e. The summed E-state index contributed by atoms with van der Waals surface area (Å²) < 4.78 is 35.1. The smallest absolute Gasteiger partial charge is 0.414 e. The number of oxime groups is 1. The van der Waals surface area contributed by atoms with Crippen molar-refractivity contribution in [2.75, 3.05) is 17.7 Å². The zero-order valence-corrected chi connectivity index (χ0v) is 30.2. The second kappa shape index (κ2) is 15.8. The van der Waals surface area contributed by atoms with Gasteiger partial charge in [-0.15, -0.1) is 11.8 Å². The molecule has 0 bridgehead atoms. The molecule has 3 aromatic carbocycles. The third-order valence-corrected chi connectivity index (χ3v) is 9.70. The largest absolute Gasteiger partial charge is 0.489 e. The first-order valence-corrected chi connectivity index (χ1v) is 18.0. The second-order valence-electron chi connectivity index (χ2n) is 12.7. The van der Waals surface area contributed by atoms with E-state index in [9.17, 15) is 28.8 Å². The molecule has 0 aliphatic carbocycles. The number of thioether (sulfide) groups is 1. The zero-order chi connectivity index (χ0) is 37.7. The summed E-state index contributed by atoms with van der Waals surface area (Å²) in [6, 6.07) is 22.6. The summed E-state index contributed by atoms with van der Waals surface area (Å²) >= 11 is 1.97. The van der Waals surface area contributed by atoms with Crippen LogP contribution < -0.4 is 15.4 Å². The maximum absolute atomic E-state index is 14.2. The summed E-state index contributed by atoms with van der Waals surface area (Å²) in [5.41, 5.74) is 0.354. The Labute approximate surface area is 311 Å². The minimum absolute atomic E-state index is 0.0254. The average Bonchev–Trinajstić information content (AvgIpc) is 3.59. The van der Waals surface area contributed by atoms with E-state index in [0.717, 1.165) is 0 Å². The number of halogens is 1. The molecule has 53 heavy (non-hydrogen) atoms. The molecule has 3 N–H and O–H groups in total. The third-order valence-electron chi connectivity index (χ3n) is 7.73. The summed E-state index contributed by atoms with van der Waals surface area (Å²) in [5, 5.41) is 16.9. The Hall–Kier alpha value is -5.81. The Morgan fingerprint density at radius 1 is 1.04 bits per heavy atom. The quantitative estimate of drug-likeness (QED) is 0.0596. The van der Waals surface area contributed by atoms with Crippen molar-refractivity contribution in [3.63, 3.8) is 0 Å². The lowest BCUT2D eigenvalue weighted by Gasteiger charge is -2.49. The lowest BCUT2D eigenvalue weighted by Crippen LogP contribution is -2.71. The summed E-state index contributed by atoms with van der Waals surface area (Å²) in [7, 11) is 0. The van der Waals surface area contributed by atoms with Crippen molar-refractivity contribution in [3.05, 3.63) is 119 Å². The number of anilines is 1. The molecular weight excluding hydrogens is 728 g/mol. The van der Waals surface area contributed by atoms with Gasteiger partial charge >= 0.3 is 12.1 Å². The number of esters is 1. The number of β-lactam (4-membered cyclic amide) rings is 1. The number of ether oxygens (including phenoxy) is 3. The van der Waals surface area contributed by atoms with Crippen LogP contribution in [0.3, 0.4) is 0 Å². The number of rotatable bonds is 11. The molecule has 6 rings (SSSR count). The van der Waals surface area contributed by atoms with Crippen molar-refractivity contribution in [2.24, 2.45) is 5.16 Å². The predicted molar refractivity (Wildman–Crippen MR) is 193 cm³/mol. The van der Waals surface area contributed by atoms with Gasteiger partial charge < -0.3 is 24.7 Å². The third kappa shape index (κ3) is 8.64. The summed E-state index contributed by atoms with van der Waals surface area (Å²) in [6.07, 6.45) is -1.63. The highest BCUT2D eigenvalue weighted by molar-refractivity contribution is 8.00. The topological polar surface area (TPSA) is 182 Å². The SMILES string of the molecule is CC(C)(C)OC(=O)Nc1nc(/C(=N/O)C(=O)NC2C(=O)N3C(C(=O)OC(c4ccccc4)c4ccccc4)=C(COc4cccc(F)c4)CS[C@H]23)ns1. The molecule has 1 fully saturated rings. The Balaban J connectivity index is 1.23. The predicted octanol–water partition coefficient (Wildman–Crippen LogP) is 5.27. The highest BCUT2D eigenvalue weighted by Gasteiger charge is 2.55. The first-order valence-electron chi connectivity index (χ1n) is 16.1. The molecule has 3 amide bonds. The number of hydrogen-bond acceptors (Lipinski definition) is 13. The van der Waals surface area contributed by atoms with Crippen LogP contribution in [0.15, 0.2) is 101 Å². The number of carbonyl (C=O) groups excluding carboxylic acids is 4. The zero-order valence-electron chi connectivity index (χ0n) is 28.5. The molecule has 14 nitrogen and oxygen atoms in total. The first-order chi connectivity index (χ1) is 25.4. The van der Waals surface area contributed by atoms with Crippen LogP contribution in [0.25, 0.3) is 0 Å². The standard InChI is InChI=1S/C36H33FN6O8S2/c1-36(2,3)51-35(47)40-34-39-29(42-53-34)25(41-48)30(44)38-26-31(45)43-27(22(19-52-32(26)43)18-49-24-16-10-15-23(37)17-24)33(46)50-28(20-11-6-4-7-12-20)21-13-8-5-9-14-21/h4-17,26,28,32,48H,18-19H2,1-3H3,(H,38,44)(H,39,40,42,47)/b41-25-/t26?,32-/m1/s1. The van der Waals surface area contributed by atoms with Crippen LogP contribution in [0.2, 0.25) is 0 Å². The molecule has 0 saturated carbocycles. The van der Waals surface area contributed by atoms with Crippen molar-refractivity contribution in [1.29, 1.82) is 0 Å². The molecule has 1 saturated heterocycles. The van der Waals surface area contributed by atoms with E-state index >= 15 is 0 Å². The number of amides is 3. The summed E-state index contributed by atoms with van der Waals surface area (Å²) in [6.45, 7) is 4.89. The monoisotopic (exact) mass is 760 g/mol. The minimum Gasteiger partial charge on any atom is -0.489 e. The molecule has 3 heterocycles. The van der Waals surface area contributed by atoms with E-state index < -0.39 is 58.5 Å². The number of aromatic nitrogens is 2. The van der Waals surface area contributed by atoms with Crippen LogP contribution in [0.4, 0.5) is 14.3 Å². The van der Waals surface area contributed by atoms with E-state index in [1.807, 2.05) is 60.7 Å². The van der Waals surface area contributed by atoms with Gasteiger partial charge in [0, 0.05) is 28.9 Å². The number of nitrogens with zero attached hydrogens (tertiary/aromatic N) is 4. The van der Waals surface area contributed by atoms with Gasteiger partial charge in [-0.25, -0.2) is 14.0 Å². The fourth-order valence-electron chi connectivity index (χ4n) is 5.42. The average molecular weight is 761 g/mol. The lowest BCUT2D eigenvalue weighted by molar-refractivity contribution is -0.154. The van der Waals surface area contributed by atoms with Gasteiger partial charge in [-0.1, -0.05) is 71.9 Å². The van der Waals surface area contributed by atoms with Crippen molar-refractivity contribution < 1.29 is 43.0 Å². The van der Waals surface area contributed by atoms with Crippen LogP contribution in [0, 0.1) is 5.82 Å². The Morgan fingerprint density at radius 3 is 2.34 bits per heavy atom. The van der Waals surface area contributed by atoms with Gasteiger partial charge in [-0.3, -0.25) is 19.8 Å². The van der Waals surface area contributed by atoms with Crippen LogP contribution in [-0.4, -0.2) is 78.4 Å². The van der Waals surface area contributed by atoms with E-state index in [1.165, 1.54) is 34.9 Å². The van der Waals surface area contributed by atoms with Crippen molar-refractivity contribution in [3.8, 4) is 5.75 Å². The Bertz CT molecular complexity index is 2030. The summed E-state index contributed by atoms with van der Waals surface area (Å²) in [4.78, 5) is 58.7. The number of hydrogen-bond donors (Lipinski definition) is 3. The molecule has 1 unspecified atom stereocenters. The van der Waals surface area contributed by atoms with E-state index in [0.29, 0.717) is 28.2 Å². The van der Waals surface area contributed by atoms with Crippen molar-refractivity contribution in [1.82, 2.24) is 19.6 Å². The molecule has 0 spiro atoms. The summed E-state index contributed by atoms with van der Waals surface area (Å²) in [5.74, 6) is -2.83. The molecule has 4 aromatic rings. The van der Waals surface area contributed by atoms with E-state index in [-0.39, 0.29) is 34.8 Å². The van der Waals surface area contributed by atoms with Gasteiger partial charge in [-0.2, -0.15) is 9.36 Å². The fourth-order valence-corrected chi connectivity index (χ4v) is 7.30. The number of carbonyl (C=O) groups is 4. The normalized spacial score (nSPS) is 17.1. The van der Waals surface area contributed by atoms with Gasteiger partial charge in [0.25, 0.3) is 11.8 Å². The second-order valence-corrected chi connectivity index (χ2v) is 14.5. The van der Waals surface area contributed by atoms with Gasteiger partial charge in [-0.05, 0) is 44.0 Å². The fraction of sp³-hybridized carbons (Fsp3) is 0.250. The molecular formula is C36H33FN6O8S2. The van der Waals surface area contributed by atoms with E-state index in [2.05, 4.69) is 25.1 Å². The van der Waals surface area contributed by atoms with Crippen LogP contribution in [0.5, 0.6) is 5.75 Å². The molecule has 17 heteroatoms. The van der Waals surface area contributed by atoms with E-state index in [1.54, 1.807) is 26.8 Å². The van der Waals surface area contributed by atoms with Crippen molar-refractivity contribution in [2.45, 2.75) is 43.9 Å². The minimum atomic E-state index is -1.14. The van der Waals surface area contributed by atoms with Gasteiger partial charge in [0.2, 0.25) is 16.7 Å². The van der Waals surface area contributed by atoms with Gasteiger partial charge in [0.15, 0.2) is 6.10 Å². The highest BCUT2D eigenvalue weighted by atomic mass is 32.2. The molecule has 274 valence electrons. The number of fused-ring (bicyclic) bond motifs is 1. The number of benzene rings is 3. The Kier molecular flexibility index (Phi) is 11.0.